The van der Waals surface area contributed by atoms with E-state index < -0.39 is 28.5 Å². The lowest BCUT2D eigenvalue weighted by Crippen LogP contribution is -2.58. The van der Waals surface area contributed by atoms with Gasteiger partial charge in [-0.1, -0.05) is 18.2 Å². The highest BCUT2D eigenvalue weighted by atomic mass is 16.6. The first kappa shape index (κ1) is 32.3. The second kappa shape index (κ2) is 12.3. The van der Waals surface area contributed by atoms with Crippen LogP contribution in [0, 0.1) is 0 Å². The van der Waals surface area contributed by atoms with E-state index >= 15 is 0 Å². The van der Waals surface area contributed by atoms with Crippen LogP contribution in [0.1, 0.15) is 120 Å². The van der Waals surface area contributed by atoms with Gasteiger partial charge < -0.3 is 29.2 Å². The normalized spacial score (nSPS) is 35.4. The molecule has 0 amide bonds. The van der Waals surface area contributed by atoms with Crippen molar-refractivity contribution in [2.45, 2.75) is 173 Å². The van der Waals surface area contributed by atoms with Crippen molar-refractivity contribution in [2.75, 3.05) is 0 Å². The van der Waals surface area contributed by atoms with Crippen LogP contribution >= 0.6 is 0 Å². The third kappa shape index (κ3) is 8.16. The van der Waals surface area contributed by atoms with Crippen LogP contribution in [0.15, 0.2) is 23.8 Å². The van der Waals surface area contributed by atoms with Crippen molar-refractivity contribution in [1.82, 2.24) is 0 Å². The SMILES string of the molecule is C=C(CCC(OC(C)=O)C1(C)CCC(C(C)(C)O)O1)C1CCC2OC(C(C)(O)CCC=C(C)C)CCC2(C)O1. The maximum absolute atomic E-state index is 12.0. The van der Waals surface area contributed by atoms with Gasteiger partial charge in [-0.15, -0.1) is 0 Å². The van der Waals surface area contributed by atoms with Crippen molar-refractivity contribution in [3.8, 4) is 0 Å². The van der Waals surface area contributed by atoms with Crippen molar-refractivity contribution in [3.05, 3.63) is 23.8 Å². The summed E-state index contributed by atoms with van der Waals surface area (Å²) in [6.45, 7) is 19.4. The predicted octanol–water partition coefficient (Wildman–Crippen LogP) is 5.95. The molecule has 3 aliphatic heterocycles. The van der Waals surface area contributed by atoms with E-state index in [2.05, 4.69) is 33.4 Å². The van der Waals surface area contributed by atoms with Gasteiger partial charge in [0.2, 0.25) is 0 Å². The molecule has 2 N–H and O–H groups in total. The molecule has 39 heavy (non-hydrogen) atoms. The third-order valence-electron chi connectivity index (χ3n) is 9.19. The lowest BCUT2D eigenvalue weighted by Gasteiger charge is -2.52. The van der Waals surface area contributed by atoms with E-state index in [0.29, 0.717) is 32.1 Å². The van der Waals surface area contributed by atoms with Gasteiger partial charge in [-0.3, -0.25) is 4.79 Å². The maximum atomic E-state index is 12.0. The van der Waals surface area contributed by atoms with Crippen LogP contribution in [0.25, 0.3) is 0 Å². The summed E-state index contributed by atoms with van der Waals surface area (Å²) in [6, 6.07) is 0. The summed E-state index contributed by atoms with van der Waals surface area (Å²) in [5.74, 6) is -0.336. The Morgan fingerprint density at radius 1 is 1.05 bits per heavy atom. The minimum Gasteiger partial charge on any atom is -0.459 e. The van der Waals surface area contributed by atoms with E-state index in [-0.39, 0.29) is 30.4 Å². The molecule has 8 atom stereocenters. The summed E-state index contributed by atoms with van der Waals surface area (Å²) in [5.41, 5.74) is -0.656. The number of ether oxygens (including phenoxy) is 4. The minimum atomic E-state index is -0.954. The smallest absolute Gasteiger partial charge is 0.303 e. The number of allylic oxidation sites excluding steroid dienone is 2. The van der Waals surface area contributed by atoms with Crippen LogP contribution in [0.4, 0.5) is 0 Å². The number of aliphatic hydroxyl groups is 2. The number of carbonyl (C=O) groups is 1. The molecule has 0 aromatic rings. The van der Waals surface area contributed by atoms with E-state index in [4.69, 9.17) is 18.9 Å². The first-order valence-corrected chi connectivity index (χ1v) is 14.9. The summed E-state index contributed by atoms with van der Waals surface area (Å²) < 4.78 is 25.2. The molecule has 3 fully saturated rings. The Hall–Kier alpha value is -1.25. The molecule has 7 nitrogen and oxygen atoms in total. The van der Waals surface area contributed by atoms with Crippen LogP contribution in [0.5, 0.6) is 0 Å². The molecule has 0 radical (unpaired) electrons. The number of esters is 1. The monoisotopic (exact) mass is 550 g/mol. The van der Waals surface area contributed by atoms with Crippen molar-refractivity contribution in [3.63, 3.8) is 0 Å². The highest BCUT2D eigenvalue weighted by molar-refractivity contribution is 5.66. The number of rotatable bonds is 11. The Balaban J connectivity index is 1.57. The van der Waals surface area contributed by atoms with Crippen molar-refractivity contribution >= 4 is 5.97 Å². The molecule has 0 spiro atoms. The van der Waals surface area contributed by atoms with Crippen molar-refractivity contribution in [1.29, 1.82) is 0 Å². The zero-order valence-electron chi connectivity index (χ0n) is 25.7. The van der Waals surface area contributed by atoms with E-state index in [1.54, 1.807) is 13.8 Å². The second-order valence-corrected chi connectivity index (χ2v) is 13.7. The topological polar surface area (TPSA) is 94.5 Å². The molecule has 0 aromatic carbocycles. The minimum absolute atomic E-state index is 0.0615. The Morgan fingerprint density at radius 3 is 2.31 bits per heavy atom. The summed E-state index contributed by atoms with van der Waals surface area (Å²) in [5, 5.41) is 21.6. The standard InChI is InChI=1S/C32H54O7/c1-21(2)11-10-18-30(7,35)26-17-20-31(8)28(37-26)15-13-24(38-31)22(3)12-14-27(36-23(4)33)32(9)19-16-25(39-32)29(5,6)34/h11,24-28,34-35H,3,10,12-20H2,1-2,4-9H3. The fourth-order valence-corrected chi connectivity index (χ4v) is 6.50. The van der Waals surface area contributed by atoms with E-state index in [0.717, 1.165) is 37.7 Å². The van der Waals surface area contributed by atoms with Gasteiger partial charge in [-0.05, 0) is 118 Å². The largest absolute Gasteiger partial charge is 0.459 e. The highest BCUT2D eigenvalue weighted by Crippen LogP contribution is 2.45. The summed E-state index contributed by atoms with van der Waals surface area (Å²) >= 11 is 0. The number of hydrogen-bond acceptors (Lipinski definition) is 7. The molecule has 3 aliphatic rings. The van der Waals surface area contributed by atoms with E-state index in [1.165, 1.54) is 12.5 Å². The van der Waals surface area contributed by atoms with Gasteiger partial charge in [0.15, 0.2) is 0 Å². The van der Waals surface area contributed by atoms with Gasteiger partial charge in [0.05, 0.1) is 41.2 Å². The zero-order valence-corrected chi connectivity index (χ0v) is 25.7. The Kier molecular flexibility index (Phi) is 10.2. The molecule has 0 saturated carbocycles. The highest BCUT2D eigenvalue weighted by Gasteiger charge is 2.51. The van der Waals surface area contributed by atoms with Crippen LogP contribution < -0.4 is 0 Å². The predicted molar refractivity (Wildman–Crippen MR) is 152 cm³/mol. The lowest BCUT2D eigenvalue weighted by molar-refractivity contribution is -0.258. The number of hydrogen-bond donors (Lipinski definition) is 2. The average molecular weight is 551 g/mol. The van der Waals surface area contributed by atoms with Gasteiger partial charge in [0.25, 0.3) is 0 Å². The summed E-state index contributed by atoms with van der Waals surface area (Å²) in [4.78, 5) is 12.0. The van der Waals surface area contributed by atoms with E-state index in [1.807, 2.05) is 13.8 Å². The van der Waals surface area contributed by atoms with Gasteiger partial charge in [0.1, 0.15) is 11.7 Å². The van der Waals surface area contributed by atoms with Crippen LogP contribution in [-0.2, 0) is 23.7 Å². The molecule has 7 heteroatoms. The molecule has 3 heterocycles. The molecule has 3 saturated heterocycles. The fraction of sp³-hybridized carbons (Fsp3) is 0.844. The molecule has 0 aromatic heterocycles. The number of carbonyl (C=O) groups excluding carboxylic acids is 1. The van der Waals surface area contributed by atoms with Crippen molar-refractivity contribution < 1.29 is 34.0 Å². The van der Waals surface area contributed by atoms with Gasteiger partial charge >= 0.3 is 5.97 Å². The quantitative estimate of drug-likeness (QED) is 0.243. The first-order chi connectivity index (χ1) is 17.9. The van der Waals surface area contributed by atoms with Crippen LogP contribution in [0.3, 0.4) is 0 Å². The van der Waals surface area contributed by atoms with Crippen molar-refractivity contribution in [2.24, 2.45) is 0 Å². The molecular weight excluding hydrogens is 496 g/mol. The van der Waals surface area contributed by atoms with Gasteiger partial charge in [0, 0.05) is 6.92 Å². The average Bonchev–Trinajstić information content (AvgIpc) is 3.23. The third-order valence-corrected chi connectivity index (χ3v) is 9.19. The molecular formula is C32H54O7. The lowest BCUT2D eigenvalue weighted by atomic mass is 9.78. The summed E-state index contributed by atoms with van der Waals surface area (Å²) in [6.07, 6.45) is 8.48. The molecule has 8 unspecified atom stereocenters. The van der Waals surface area contributed by atoms with Gasteiger partial charge in [-0.25, -0.2) is 0 Å². The molecule has 3 rings (SSSR count). The molecule has 0 aliphatic carbocycles. The van der Waals surface area contributed by atoms with Gasteiger partial charge in [-0.2, -0.15) is 0 Å². The molecule has 0 bridgehead atoms. The fourth-order valence-electron chi connectivity index (χ4n) is 6.50. The Labute approximate surface area is 236 Å². The first-order valence-electron chi connectivity index (χ1n) is 14.9. The maximum Gasteiger partial charge on any atom is 0.303 e. The van der Waals surface area contributed by atoms with Crippen LogP contribution in [0.2, 0.25) is 0 Å². The molecule has 224 valence electrons. The second-order valence-electron chi connectivity index (χ2n) is 13.7. The summed E-state index contributed by atoms with van der Waals surface area (Å²) in [7, 11) is 0. The number of fused-ring (bicyclic) bond motifs is 1. The van der Waals surface area contributed by atoms with E-state index in [9.17, 15) is 15.0 Å². The zero-order chi connectivity index (χ0) is 29.2. The van der Waals surface area contributed by atoms with Crippen LogP contribution in [-0.4, -0.2) is 69.1 Å². The Morgan fingerprint density at radius 2 is 1.72 bits per heavy atom. The Bertz CT molecular complexity index is 899.